The lowest BCUT2D eigenvalue weighted by atomic mass is 10.1. The predicted octanol–water partition coefficient (Wildman–Crippen LogP) is 1.91. The largest absolute Gasteiger partial charge is 0.454 e. The van der Waals surface area contributed by atoms with E-state index < -0.39 is 30.6 Å². The topological polar surface area (TPSA) is 84.5 Å². The third kappa shape index (κ3) is 4.45. The van der Waals surface area contributed by atoms with Crippen LogP contribution in [0.3, 0.4) is 0 Å². The lowest BCUT2D eigenvalue weighted by molar-refractivity contribution is -0.150. The van der Waals surface area contributed by atoms with Gasteiger partial charge in [0.25, 0.3) is 5.91 Å². The van der Waals surface area contributed by atoms with E-state index in [0.717, 1.165) is 10.4 Å². The molecule has 1 saturated heterocycles. The lowest BCUT2D eigenvalue weighted by Crippen LogP contribution is -2.38. The number of thiophene rings is 1. The molecule has 2 amide bonds. The van der Waals surface area contributed by atoms with E-state index in [1.165, 1.54) is 23.5 Å². The zero-order chi connectivity index (χ0) is 18.5. The van der Waals surface area contributed by atoms with Crippen molar-refractivity contribution in [1.82, 2.24) is 10.6 Å². The van der Waals surface area contributed by atoms with Crippen molar-refractivity contribution in [3.63, 3.8) is 0 Å². The van der Waals surface area contributed by atoms with Gasteiger partial charge in [0.15, 0.2) is 6.61 Å². The standard InChI is InChI=1S/C18H17FN2O4S/c19-12-5-3-11(4-6-12)17(14-2-1-9-26-14)21-16(23)10-25-18(24)13-7-8-15(22)20-13/h1-6,9,13,17H,7-8,10H2,(H,20,22)(H,21,23)/t13-,17-/m1/s1. The summed E-state index contributed by atoms with van der Waals surface area (Å²) in [5, 5.41) is 7.16. The lowest BCUT2D eigenvalue weighted by Gasteiger charge is -2.18. The van der Waals surface area contributed by atoms with Crippen molar-refractivity contribution in [2.45, 2.75) is 24.9 Å². The van der Waals surface area contributed by atoms with Gasteiger partial charge in [-0.2, -0.15) is 0 Å². The number of hydrogen-bond donors (Lipinski definition) is 2. The second-order valence-corrected chi connectivity index (χ2v) is 6.81. The van der Waals surface area contributed by atoms with E-state index in [2.05, 4.69) is 10.6 Å². The minimum Gasteiger partial charge on any atom is -0.454 e. The first kappa shape index (κ1) is 18.1. The molecule has 3 rings (SSSR count). The molecule has 1 aliphatic heterocycles. The summed E-state index contributed by atoms with van der Waals surface area (Å²) in [6, 6.07) is 8.40. The quantitative estimate of drug-likeness (QED) is 0.755. The van der Waals surface area contributed by atoms with Crippen LogP contribution in [-0.2, 0) is 19.1 Å². The maximum absolute atomic E-state index is 13.2. The van der Waals surface area contributed by atoms with Crippen LogP contribution in [0.1, 0.15) is 29.3 Å². The van der Waals surface area contributed by atoms with Crippen molar-refractivity contribution in [2.75, 3.05) is 6.61 Å². The molecule has 8 heteroatoms. The molecule has 26 heavy (non-hydrogen) atoms. The molecule has 0 aliphatic carbocycles. The van der Waals surface area contributed by atoms with Crippen molar-refractivity contribution >= 4 is 29.1 Å². The number of carbonyl (C=O) groups excluding carboxylic acids is 3. The van der Waals surface area contributed by atoms with Gasteiger partial charge in [-0.25, -0.2) is 9.18 Å². The SMILES string of the molecule is O=C(COC(=O)[C@H]1CCC(=O)N1)N[C@H](c1ccc(F)cc1)c1cccs1. The average Bonchev–Trinajstić information content (AvgIpc) is 3.30. The number of amides is 2. The number of hydrogen-bond acceptors (Lipinski definition) is 5. The molecule has 0 unspecified atom stereocenters. The zero-order valence-corrected chi connectivity index (χ0v) is 14.6. The highest BCUT2D eigenvalue weighted by Crippen LogP contribution is 2.26. The van der Waals surface area contributed by atoms with Crippen LogP contribution in [0.5, 0.6) is 0 Å². The minimum atomic E-state index is -0.694. The Morgan fingerprint density at radius 1 is 1.31 bits per heavy atom. The normalized spacial score (nSPS) is 17.4. The van der Waals surface area contributed by atoms with Crippen LogP contribution in [0.4, 0.5) is 4.39 Å². The third-order valence-corrected chi connectivity index (χ3v) is 4.90. The minimum absolute atomic E-state index is 0.203. The van der Waals surface area contributed by atoms with Gasteiger partial charge < -0.3 is 15.4 Å². The molecule has 136 valence electrons. The summed E-state index contributed by atoms with van der Waals surface area (Å²) in [5.41, 5.74) is 0.719. The van der Waals surface area contributed by atoms with E-state index in [4.69, 9.17) is 4.74 Å². The van der Waals surface area contributed by atoms with E-state index in [0.29, 0.717) is 6.42 Å². The van der Waals surface area contributed by atoms with E-state index >= 15 is 0 Å². The van der Waals surface area contributed by atoms with Gasteiger partial charge in [0.2, 0.25) is 5.91 Å². The Labute approximate surface area is 153 Å². The van der Waals surface area contributed by atoms with Crippen molar-refractivity contribution in [3.8, 4) is 0 Å². The molecule has 2 N–H and O–H groups in total. The van der Waals surface area contributed by atoms with Crippen LogP contribution >= 0.6 is 11.3 Å². The Morgan fingerprint density at radius 2 is 2.08 bits per heavy atom. The molecule has 1 aromatic carbocycles. The smallest absolute Gasteiger partial charge is 0.329 e. The summed E-state index contributed by atoms with van der Waals surface area (Å²) in [6.07, 6.45) is 0.643. The van der Waals surface area contributed by atoms with Crippen LogP contribution in [0.2, 0.25) is 0 Å². The van der Waals surface area contributed by atoms with E-state index in [1.54, 1.807) is 12.1 Å². The molecule has 0 radical (unpaired) electrons. The molecule has 2 atom stereocenters. The van der Waals surface area contributed by atoms with Gasteiger partial charge in [-0.1, -0.05) is 18.2 Å². The molecule has 0 bridgehead atoms. The molecule has 6 nitrogen and oxygen atoms in total. The first-order chi connectivity index (χ1) is 12.5. The van der Waals surface area contributed by atoms with Crippen molar-refractivity contribution in [2.24, 2.45) is 0 Å². The summed E-state index contributed by atoms with van der Waals surface area (Å²) in [4.78, 5) is 36.1. The molecule has 0 spiro atoms. The molecule has 2 aromatic rings. The number of esters is 1. The maximum atomic E-state index is 13.2. The average molecular weight is 376 g/mol. The van der Waals surface area contributed by atoms with Crippen LogP contribution in [0.25, 0.3) is 0 Å². The Bertz CT molecular complexity index is 792. The Balaban J connectivity index is 1.61. The van der Waals surface area contributed by atoms with Gasteiger partial charge >= 0.3 is 5.97 Å². The van der Waals surface area contributed by atoms with Crippen LogP contribution in [0.15, 0.2) is 41.8 Å². The highest BCUT2D eigenvalue weighted by Gasteiger charge is 2.29. The number of halogens is 1. The Hall–Kier alpha value is -2.74. The predicted molar refractivity (Wildman–Crippen MR) is 92.8 cm³/mol. The molecule has 1 aromatic heterocycles. The Kier molecular flexibility index (Phi) is 5.62. The highest BCUT2D eigenvalue weighted by molar-refractivity contribution is 7.10. The number of benzene rings is 1. The number of rotatable bonds is 6. The number of ether oxygens (including phenoxy) is 1. The zero-order valence-electron chi connectivity index (χ0n) is 13.7. The second kappa shape index (κ2) is 8.09. The second-order valence-electron chi connectivity index (χ2n) is 5.83. The molecule has 1 fully saturated rings. The van der Waals surface area contributed by atoms with Crippen molar-refractivity contribution < 1.29 is 23.5 Å². The van der Waals surface area contributed by atoms with Gasteiger partial charge in [-0.15, -0.1) is 11.3 Å². The first-order valence-corrected chi connectivity index (χ1v) is 8.95. The monoisotopic (exact) mass is 376 g/mol. The fourth-order valence-electron chi connectivity index (χ4n) is 2.66. The molecule has 2 heterocycles. The van der Waals surface area contributed by atoms with Crippen LogP contribution in [0, 0.1) is 5.82 Å². The number of nitrogens with one attached hydrogen (secondary N) is 2. The summed E-state index contributed by atoms with van der Waals surface area (Å²) < 4.78 is 18.2. The van der Waals surface area contributed by atoms with Crippen molar-refractivity contribution in [1.29, 1.82) is 0 Å². The fourth-order valence-corrected chi connectivity index (χ4v) is 3.46. The van der Waals surface area contributed by atoms with Gasteiger partial charge in [0, 0.05) is 11.3 Å². The summed E-state index contributed by atoms with van der Waals surface area (Å²) >= 11 is 1.45. The van der Waals surface area contributed by atoms with Gasteiger partial charge in [-0.05, 0) is 35.6 Å². The molecule has 1 aliphatic rings. The van der Waals surface area contributed by atoms with Gasteiger partial charge in [-0.3, -0.25) is 9.59 Å². The molecular weight excluding hydrogens is 359 g/mol. The number of carbonyl (C=O) groups is 3. The highest BCUT2D eigenvalue weighted by atomic mass is 32.1. The Morgan fingerprint density at radius 3 is 2.69 bits per heavy atom. The fraction of sp³-hybridized carbons (Fsp3) is 0.278. The molecular formula is C18H17FN2O4S. The third-order valence-electron chi connectivity index (χ3n) is 3.96. The van der Waals surface area contributed by atoms with Gasteiger partial charge in [0.05, 0.1) is 6.04 Å². The maximum Gasteiger partial charge on any atom is 0.329 e. The molecule has 0 saturated carbocycles. The van der Waals surface area contributed by atoms with Crippen LogP contribution in [-0.4, -0.2) is 30.4 Å². The van der Waals surface area contributed by atoms with E-state index in [-0.39, 0.29) is 18.1 Å². The van der Waals surface area contributed by atoms with E-state index in [9.17, 15) is 18.8 Å². The summed E-state index contributed by atoms with van der Waals surface area (Å²) in [5.74, 6) is -1.67. The van der Waals surface area contributed by atoms with E-state index in [1.807, 2.05) is 17.5 Å². The van der Waals surface area contributed by atoms with Crippen LogP contribution < -0.4 is 10.6 Å². The summed E-state index contributed by atoms with van der Waals surface area (Å²) in [7, 11) is 0. The summed E-state index contributed by atoms with van der Waals surface area (Å²) in [6.45, 7) is -0.450. The van der Waals surface area contributed by atoms with Crippen molar-refractivity contribution in [3.05, 3.63) is 58.0 Å². The first-order valence-electron chi connectivity index (χ1n) is 8.07. The van der Waals surface area contributed by atoms with Gasteiger partial charge in [0.1, 0.15) is 11.9 Å².